The first kappa shape index (κ1) is 19.2. The van der Waals surface area contributed by atoms with Gasteiger partial charge in [0.15, 0.2) is 0 Å². The second-order valence-electron chi connectivity index (χ2n) is 7.85. The van der Waals surface area contributed by atoms with Gasteiger partial charge in [-0.05, 0) is 49.4 Å². The average molecular weight is 392 g/mol. The number of para-hydroxylation sites is 1. The number of methoxy groups -OCH3 is 1. The topological polar surface area (TPSA) is 75.7 Å². The molecule has 4 rings (SSSR count). The zero-order valence-electron chi connectivity index (χ0n) is 16.6. The second-order valence-corrected chi connectivity index (χ2v) is 7.85. The Balaban J connectivity index is 1.64. The van der Waals surface area contributed by atoms with E-state index in [0.717, 1.165) is 19.3 Å². The largest absolute Gasteiger partial charge is 0.497 e. The maximum Gasteiger partial charge on any atom is 0.257 e. The number of rotatable bonds is 4. The summed E-state index contributed by atoms with van der Waals surface area (Å²) in [7, 11) is 1.56. The minimum atomic E-state index is -0.377. The Kier molecular flexibility index (Phi) is 5.09. The van der Waals surface area contributed by atoms with Gasteiger partial charge in [0.05, 0.1) is 30.2 Å². The van der Waals surface area contributed by atoms with Gasteiger partial charge in [-0.15, -0.1) is 0 Å². The van der Waals surface area contributed by atoms with Gasteiger partial charge in [0.2, 0.25) is 11.8 Å². The van der Waals surface area contributed by atoms with Gasteiger partial charge in [0.1, 0.15) is 5.75 Å². The summed E-state index contributed by atoms with van der Waals surface area (Å²) in [6, 6.07) is 13.8. The lowest BCUT2D eigenvalue weighted by atomic mass is 9.76. The summed E-state index contributed by atoms with van der Waals surface area (Å²) < 4.78 is 5.19. The van der Waals surface area contributed by atoms with Crippen molar-refractivity contribution in [2.75, 3.05) is 17.3 Å². The highest BCUT2D eigenvalue weighted by Crippen LogP contribution is 2.42. The number of imide groups is 1. The Morgan fingerprint density at radius 1 is 1.03 bits per heavy atom. The molecule has 6 heteroatoms. The number of ether oxygens (including phenoxy) is 1. The van der Waals surface area contributed by atoms with Crippen LogP contribution in [0.1, 0.15) is 36.5 Å². The van der Waals surface area contributed by atoms with E-state index in [1.165, 1.54) is 4.90 Å². The fraction of sp³-hybridized carbons (Fsp3) is 0.348. The first-order valence-corrected chi connectivity index (χ1v) is 9.92. The van der Waals surface area contributed by atoms with Crippen LogP contribution in [-0.2, 0) is 9.59 Å². The number of amides is 3. The number of carbonyl (C=O) groups is 3. The molecule has 1 aliphatic heterocycles. The van der Waals surface area contributed by atoms with Crippen LogP contribution in [-0.4, -0.2) is 24.8 Å². The normalized spacial score (nSPS) is 23.7. The number of carbonyl (C=O) groups excluding carboxylic acids is 3. The molecule has 0 bridgehead atoms. The smallest absolute Gasteiger partial charge is 0.257 e. The first-order chi connectivity index (χ1) is 14.0. The molecule has 3 amide bonds. The number of hydrogen-bond donors (Lipinski definition) is 1. The molecular weight excluding hydrogens is 368 g/mol. The lowest BCUT2D eigenvalue weighted by Crippen LogP contribution is -2.33. The molecule has 6 nitrogen and oxygen atoms in total. The van der Waals surface area contributed by atoms with Crippen molar-refractivity contribution >= 4 is 29.1 Å². The monoisotopic (exact) mass is 392 g/mol. The van der Waals surface area contributed by atoms with E-state index in [4.69, 9.17) is 4.74 Å². The lowest BCUT2D eigenvalue weighted by molar-refractivity contribution is -0.122. The Bertz CT molecular complexity index is 971. The van der Waals surface area contributed by atoms with Crippen LogP contribution < -0.4 is 15.0 Å². The quantitative estimate of drug-likeness (QED) is 0.802. The number of fused-ring (bicyclic) bond motifs is 1. The molecule has 1 heterocycles. The second kappa shape index (κ2) is 7.70. The highest BCUT2D eigenvalue weighted by Gasteiger charge is 2.50. The van der Waals surface area contributed by atoms with Crippen molar-refractivity contribution in [2.45, 2.75) is 26.2 Å². The van der Waals surface area contributed by atoms with Crippen molar-refractivity contribution in [1.29, 1.82) is 0 Å². The van der Waals surface area contributed by atoms with E-state index in [1.807, 2.05) is 0 Å². The minimum Gasteiger partial charge on any atom is -0.497 e. The molecule has 0 aromatic heterocycles. The van der Waals surface area contributed by atoms with Crippen LogP contribution in [0.25, 0.3) is 0 Å². The summed E-state index contributed by atoms with van der Waals surface area (Å²) in [6.07, 6.45) is 2.40. The maximum absolute atomic E-state index is 13.1. The third kappa shape index (κ3) is 3.50. The molecule has 2 aromatic carbocycles. The Morgan fingerprint density at radius 3 is 2.59 bits per heavy atom. The zero-order chi connectivity index (χ0) is 20.5. The summed E-state index contributed by atoms with van der Waals surface area (Å²) in [5.41, 5.74) is 1.22. The number of nitrogens with zero attached hydrogens (tertiary/aromatic N) is 1. The predicted octanol–water partition coefficient (Wildman–Crippen LogP) is 3.87. The average Bonchev–Trinajstić information content (AvgIpc) is 2.97. The van der Waals surface area contributed by atoms with Crippen molar-refractivity contribution in [3.63, 3.8) is 0 Å². The van der Waals surface area contributed by atoms with Gasteiger partial charge in [0.25, 0.3) is 5.91 Å². The molecule has 0 radical (unpaired) electrons. The summed E-state index contributed by atoms with van der Waals surface area (Å²) in [5.74, 6) is -0.243. The molecule has 1 N–H and O–H groups in total. The maximum atomic E-state index is 13.1. The van der Waals surface area contributed by atoms with Gasteiger partial charge < -0.3 is 10.1 Å². The third-order valence-corrected chi connectivity index (χ3v) is 5.90. The van der Waals surface area contributed by atoms with Crippen LogP contribution in [0.5, 0.6) is 5.75 Å². The molecule has 1 aliphatic carbocycles. The van der Waals surface area contributed by atoms with Gasteiger partial charge in [-0.3, -0.25) is 14.4 Å². The highest BCUT2D eigenvalue weighted by molar-refractivity contribution is 6.24. The van der Waals surface area contributed by atoms with Crippen LogP contribution in [0.15, 0.2) is 48.5 Å². The summed E-state index contributed by atoms with van der Waals surface area (Å²) in [4.78, 5) is 40.3. The van der Waals surface area contributed by atoms with Gasteiger partial charge in [-0.1, -0.05) is 25.1 Å². The fourth-order valence-corrected chi connectivity index (χ4v) is 4.39. The standard InChI is InChI=1S/C23H24N2O4/c1-14-10-11-17-19(12-14)23(28)25(22(17)27)20-9-4-3-8-18(20)21(26)24-15-6-5-7-16(13-15)29-2/h3-9,13-14,17,19H,10-12H2,1-2H3,(H,24,26)/t14-,17-,19+/m0/s1. The van der Waals surface area contributed by atoms with Gasteiger partial charge in [-0.25, -0.2) is 4.90 Å². The summed E-state index contributed by atoms with van der Waals surface area (Å²) in [6.45, 7) is 2.12. The van der Waals surface area contributed by atoms with Gasteiger partial charge in [0, 0.05) is 11.8 Å². The first-order valence-electron chi connectivity index (χ1n) is 9.92. The Labute approximate surface area is 169 Å². The van der Waals surface area contributed by atoms with E-state index >= 15 is 0 Å². The Morgan fingerprint density at radius 2 is 1.79 bits per heavy atom. The molecule has 0 spiro atoms. The molecule has 2 aromatic rings. The molecule has 1 saturated heterocycles. The van der Waals surface area contributed by atoms with Crippen LogP contribution in [0.4, 0.5) is 11.4 Å². The van der Waals surface area contributed by atoms with Crippen molar-refractivity contribution in [1.82, 2.24) is 0 Å². The van der Waals surface area contributed by atoms with E-state index < -0.39 is 0 Å². The molecule has 2 aliphatic rings. The van der Waals surface area contributed by atoms with E-state index in [9.17, 15) is 14.4 Å². The third-order valence-electron chi connectivity index (χ3n) is 5.90. The molecule has 3 atom stereocenters. The van der Waals surface area contributed by atoms with Crippen LogP contribution >= 0.6 is 0 Å². The molecular formula is C23H24N2O4. The molecule has 1 saturated carbocycles. The van der Waals surface area contributed by atoms with Crippen molar-refractivity contribution < 1.29 is 19.1 Å². The van der Waals surface area contributed by atoms with E-state index in [1.54, 1.807) is 55.6 Å². The zero-order valence-corrected chi connectivity index (χ0v) is 16.6. The number of anilines is 2. The van der Waals surface area contributed by atoms with E-state index in [2.05, 4.69) is 12.2 Å². The van der Waals surface area contributed by atoms with Crippen molar-refractivity contribution in [3.8, 4) is 5.75 Å². The molecule has 29 heavy (non-hydrogen) atoms. The van der Waals surface area contributed by atoms with E-state index in [-0.39, 0.29) is 29.6 Å². The Hall–Kier alpha value is -3.15. The van der Waals surface area contributed by atoms with E-state index in [0.29, 0.717) is 28.6 Å². The minimum absolute atomic E-state index is 0.187. The number of hydrogen-bond acceptors (Lipinski definition) is 4. The number of nitrogens with one attached hydrogen (secondary N) is 1. The molecule has 2 fully saturated rings. The van der Waals surface area contributed by atoms with Crippen molar-refractivity contribution in [2.24, 2.45) is 17.8 Å². The predicted molar refractivity (Wildman–Crippen MR) is 110 cm³/mol. The SMILES string of the molecule is COc1cccc(NC(=O)c2ccccc2N2C(=O)[C@H]3CC[C@H](C)C[C@H]3C2=O)c1. The summed E-state index contributed by atoms with van der Waals surface area (Å²) in [5, 5.41) is 2.83. The van der Waals surface area contributed by atoms with Crippen LogP contribution in [0, 0.1) is 17.8 Å². The fourth-order valence-electron chi connectivity index (χ4n) is 4.39. The van der Waals surface area contributed by atoms with Crippen LogP contribution in [0.3, 0.4) is 0 Å². The van der Waals surface area contributed by atoms with Crippen molar-refractivity contribution in [3.05, 3.63) is 54.1 Å². The highest BCUT2D eigenvalue weighted by atomic mass is 16.5. The van der Waals surface area contributed by atoms with Crippen LogP contribution in [0.2, 0.25) is 0 Å². The van der Waals surface area contributed by atoms with Gasteiger partial charge in [-0.2, -0.15) is 0 Å². The lowest BCUT2D eigenvalue weighted by Gasteiger charge is -2.25. The molecule has 0 unspecified atom stereocenters. The van der Waals surface area contributed by atoms with Gasteiger partial charge >= 0.3 is 0 Å². The molecule has 150 valence electrons. The number of benzene rings is 2. The summed E-state index contributed by atoms with van der Waals surface area (Å²) >= 11 is 0.